The topological polar surface area (TPSA) is 61.9 Å². The summed E-state index contributed by atoms with van der Waals surface area (Å²) in [6, 6.07) is -0.0688. The maximum absolute atomic E-state index is 12.1. The average molecular weight is 269 g/mol. The summed E-state index contributed by atoms with van der Waals surface area (Å²) in [6.07, 6.45) is 2.85. The van der Waals surface area contributed by atoms with Gasteiger partial charge in [0.2, 0.25) is 5.91 Å². The molecule has 2 fully saturated rings. The molecule has 2 rings (SSSR count). The second-order valence-electron chi connectivity index (χ2n) is 5.29. The minimum Gasteiger partial charge on any atom is -0.383 e. The predicted octanol–water partition coefficient (Wildman–Crippen LogP) is 0.633. The zero-order valence-corrected chi connectivity index (χ0v) is 11.7. The first-order valence-electron chi connectivity index (χ1n) is 6.98. The van der Waals surface area contributed by atoms with Crippen molar-refractivity contribution in [2.24, 2.45) is 5.92 Å². The second-order valence-corrected chi connectivity index (χ2v) is 5.29. The van der Waals surface area contributed by atoms with Crippen LogP contribution in [0.4, 0.5) is 4.79 Å². The molecule has 0 aromatic carbocycles. The van der Waals surface area contributed by atoms with Gasteiger partial charge < -0.3 is 19.9 Å². The molecule has 1 atom stereocenters. The Balaban J connectivity index is 1.79. The third-order valence-electron chi connectivity index (χ3n) is 3.69. The Labute approximate surface area is 114 Å². The number of nitrogens with one attached hydrogen (secondary N) is 1. The van der Waals surface area contributed by atoms with Crippen molar-refractivity contribution in [3.8, 4) is 0 Å². The molecule has 0 bridgehead atoms. The van der Waals surface area contributed by atoms with Gasteiger partial charge in [-0.3, -0.25) is 4.79 Å². The Bertz CT molecular complexity index is 344. The van der Waals surface area contributed by atoms with E-state index in [1.165, 1.54) is 0 Å². The number of ether oxygens (including phenoxy) is 1. The second kappa shape index (κ2) is 6.23. The highest BCUT2D eigenvalue weighted by Gasteiger charge is 2.37. The van der Waals surface area contributed by atoms with E-state index in [2.05, 4.69) is 5.32 Å². The van der Waals surface area contributed by atoms with E-state index in [4.69, 9.17) is 4.74 Å². The fourth-order valence-electron chi connectivity index (χ4n) is 2.25. The van der Waals surface area contributed by atoms with Crippen LogP contribution in [-0.2, 0) is 9.53 Å². The molecule has 108 valence electrons. The fraction of sp³-hybridized carbons (Fsp3) is 0.846. The van der Waals surface area contributed by atoms with E-state index in [0.29, 0.717) is 26.4 Å². The van der Waals surface area contributed by atoms with Gasteiger partial charge in [-0.1, -0.05) is 6.92 Å². The lowest BCUT2D eigenvalue weighted by Gasteiger charge is -2.22. The van der Waals surface area contributed by atoms with Gasteiger partial charge in [-0.05, 0) is 19.3 Å². The van der Waals surface area contributed by atoms with Gasteiger partial charge >= 0.3 is 6.03 Å². The summed E-state index contributed by atoms with van der Waals surface area (Å²) in [5.41, 5.74) is 0. The number of amides is 3. The maximum Gasteiger partial charge on any atom is 0.319 e. The minimum atomic E-state index is -0.102. The lowest BCUT2D eigenvalue weighted by atomic mass is 10.2. The fourth-order valence-corrected chi connectivity index (χ4v) is 2.25. The van der Waals surface area contributed by atoms with Crippen LogP contribution in [0.5, 0.6) is 0 Å². The van der Waals surface area contributed by atoms with Crippen LogP contribution in [-0.4, -0.2) is 61.3 Å². The monoisotopic (exact) mass is 269 g/mol. The first-order valence-corrected chi connectivity index (χ1v) is 6.98. The van der Waals surface area contributed by atoms with Gasteiger partial charge in [0.15, 0.2) is 0 Å². The van der Waals surface area contributed by atoms with Crippen molar-refractivity contribution in [3.05, 3.63) is 0 Å². The SMILES string of the molecule is CCC(COC)NC(=O)N1CCN(C(=O)C2CC2)C1. The summed E-state index contributed by atoms with van der Waals surface area (Å²) in [5.74, 6) is 0.430. The molecule has 1 unspecified atom stereocenters. The number of carbonyl (C=O) groups is 2. The largest absolute Gasteiger partial charge is 0.383 e. The van der Waals surface area contributed by atoms with Gasteiger partial charge in [0.25, 0.3) is 0 Å². The molecule has 1 N–H and O–H groups in total. The molecule has 0 aromatic heterocycles. The number of methoxy groups -OCH3 is 1. The van der Waals surface area contributed by atoms with Crippen LogP contribution in [0.1, 0.15) is 26.2 Å². The van der Waals surface area contributed by atoms with Crippen molar-refractivity contribution >= 4 is 11.9 Å². The molecule has 1 aliphatic heterocycles. The molecule has 19 heavy (non-hydrogen) atoms. The van der Waals surface area contributed by atoms with Gasteiger partial charge in [0.05, 0.1) is 19.3 Å². The van der Waals surface area contributed by atoms with Gasteiger partial charge in [-0.2, -0.15) is 0 Å². The van der Waals surface area contributed by atoms with Gasteiger partial charge in [0, 0.05) is 26.1 Å². The number of rotatable bonds is 5. The van der Waals surface area contributed by atoms with Crippen molar-refractivity contribution in [2.45, 2.75) is 32.2 Å². The van der Waals surface area contributed by atoms with Crippen LogP contribution in [0.25, 0.3) is 0 Å². The van der Waals surface area contributed by atoms with Crippen LogP contribution < -0.4 is 5.32 Å². The Hall–Kier alpha value is -1.30. The molecule has 0 aromatic rings. The lowest BCUT2D eigenvalue weighted by Crippen LogP contribution is -2.46. The maximum atomic E-state index is 12.1. The van der Waals surface area contributed by atoms with Gasteiger partial charge in [-0.15, -0.1) is 0 Å². The Morgan fingerprint density at radius 1 is 1.32 bits per heavy atom. The highest BCUT2D eigenvalue weighted by molar-refractivity contribution is 5.82. The number of hydrogen-bond acceptors (Lipinski definition) is 3. The van der Waals surface area contributed by atoms with E-state index in [1.54, 1.807) is 16.9 Å². The van der Waals surface area contributed by atoms with E-state index in [-0.39, 0.29) is 23.9 Å². The normalized spacial score (nSPS) is 20.5. The lowest BCUT2D eigenvalue weighted by molar-refractivity contribution is -0.131. The first kappa shape index (κ1) is 14.1. The summed E-state index contributed by atoms with van der Waals surface area (Å²) in [7, 11) is 1.63. The van der Waals surface area contributed by atoms with Crippen molar-refractivity contribution in [1.29, 1.82) is 0 Å². The van der Waals surface area contributed by atoms with Crippen molar-refractivity contribution in [2.75, 3.05) is 33.5 Å². The molecule has 1 heterocycles. The van der Waals surface area contributed by atoms with Crippen molar-refractivity contribution in [3.63, 3.8) is 0 Å². The van der Waals surface area contributed by atoms with Gasteiger partial charge in [0.1, 0.15) is 0 Å². The van der Waals surface area contributed by atoms with Crippen LogP contribution in [0.15, 0.2) is 0 Å². The molecular weight excluding hydrogens is 246 g/mol. The van der Waals surface area contributed by atoms with Crippen LogP contribution in [0, 0.1) is 5.92 Å². The number of carbonyl (C=O) groups excluding carboxylic acids is 2. The van der Waals surface area contributed by atoms with Crippen LogP contribution in [0.3, 0.4) is 0 Å². The van der Waals surface area contributed by atoms with Crippen molar-refractivity contribution in [1.82, 2.24) is 15.1 Å². The molecule has 2 aliphatic rings. The molecule has 1 saturated carbocycles. The number of urea groups is 1. The number of hydrogen-bond donors (Lipinski definition) is 1. The summed E-state index contributed by atoms with van der Waals surface area (Å²) >= 11 is 0. The highest BCUT2D eigenvalue weighted by Crippen LogP contribution is 2.31. The first-order chi connectivity index (χ1) is 9.15. The van der Waals surface area contributed by atoms with E-state index in [9.17, 15) is 9.59 Å². The zero-order chi connectivity index (χ0) is 13.8. The summed E-state index contributed by atoms with van der Waals surface area (Å²) in [6.45, 7) is 4.22. The van der Waals surface area contributed by atoms with E-state index in [0.717, 1.165) is 19.3 Å². The molecule has 6 heteroatoms. The molecule has 0 spiro atoms. The Kier molecular flexibility index (Phi) is 4.63. The quantitative estimate of drug-likeness (QED) is 0.796. The summed E-state index contributed by atoms with van der Waals surface area (Å²) in [5, 5.41) is 2.94. The molecule has 1 saturated heterocycles. The van der Waals surface area contributed by atoms with Crippen LogP contribution >= 0.6 is 0 Å². The average Bonchev–Trinajstić information content (AvgIpc) is 3.14. The van der Waals surface area contributed by atoms with E-state index < -0.39 is 0 Å². The zero-order valence-electron chi connectivity index (χ0n) is 11.7. The molecule has 1 aliphatic carbocycles. The molecule has 0 radical (unpaired) electrons. The smallest absolute Gasteiger partial charge is 0.319 e. The summed E-state index contributed by atoms with van der Waals surface area (Å²) in [4.78, 5) is 27.4. The minimum absolute atomic E-state index is 0.0330. The molecule has 6 nitrogen and oxygen atoms in total. The number of nitrogens with zero attached hydrogens (tertiary/aromatic N) is 2. The van der Waals surface area contributed by atoms with Gasteiger partial charge in [-0.25, -0.2) is 4.79 Å². The molecule has 3 amide bonds. The third kappa shape index (κ3) is 3.59. The summed E-state index contributed by atoms with van der Waals surface area (Å²) < 4.78 is 5.06. The van der Waals surface area contributed by atoms with Crippen molar-refractivity contribution < 1.29 is 14.3 Å². The van der Waals surface area contributed by atoms with E-state index >= 15 is 0 Å². The predicted molar refractivity (Wildman–Crippen MR) is 70.5 cm³/mol. The Morgan fingerprint density at radius 2 is 2.00 bits per heavy atom. The highest BCUT2D eigenvalue weighted by atomic mass is 16.5. The standard InChI is InChI=1S/C13H23N3O3/c1-3-11(8-19-2)14-13(18)16-7-6-15(9-16)12(17)10-4-5-10/h10-11H,3-9H2,1-2H3,(H,14,18). The third-order valence-corrected chi connectivity index (χ3v) is 3.69. The van der Waals surface area contributed by atoms with E-state index in [1.807, 2.05) is 6.92 Å². The Morgan fingerprint density at radius 3 is 2.58 bits per heavy atom. The van der Waals surface area contributed by atoms with Crippen LogP contribution in [0.2, 0.25) is 0 Å². The molecular formula is C13H23N3O3.